The highest BCUT2D eigenvalue weighted by molar-refractivity contribution is 6.01. The number of hydrogen-bond acceptors (Lipinski definition) is 5. The first kappa shape index (κ1) is 12.4. The highest BCUT2D eigenvalue weighted by atomic mass is 19.1. The molecule has 1 aromatic rings. The predicted molar refractivity (Wildman–Crippen MR) is 61.9 cm³/mol. The van der Waals surface area contributed by atoms with Crippen LogP contribution in [0.4, 0.5) is 10.2 Å². The number of rotatable bonds is 3. The molecule has 1 atom stereocenters. The molecule has 2 rings (SSSR count). The molecule has 1 fully saturated rings. The first-order valence-corrected chi connectivity index (χ1v) is 5.55. The average Bonchev–Trinajstić information content (AvgIpc) is 2.33. The molecule has 7 heteroatoms. The van der Waals surface area contributed by atoms with Crippen molar-refractivity contribution in [1.29, 1.82) is 0 Å². The molecule has 0 aromatic carbocycles. The fourth-order valence-electron chi connectivity index (χ4n) is 1.78. The van der Waals surface area contributed by atoms with Crippen LogP contribution >= 0.6 is 0 Å². The fraction of sp³-hybridized carbons (Fsp3) is 0.364. The van der Waals surface area contributed by atoms with Crippen molar-refractivity contribution in [3.63, 3.8) is 0 Å². The lowest BCUT2D eigenvalue weighted by molar-refractivity contribution is -0.133. The van der Waals surface area contributed by atoms with Gasteiger partial charge in [-0.2, -0.15) is 0 Å². The van der Waals surface area contributed by atoms with E-state index < -0.39 is 17.8 Å². The first-order valence-electron chi connectivity index (χ1n) is 5.55. The summed E-state index contributed by atoms with van der Waals surface area (Å²) in [6, 6.07) is 0.611. The normalized spacial score (nSPS) is 19.6. The van der Waals surface area contributed by atoms with E-state index in [1.807, 2.05) is 0 Å². The lowest BCUT2D eigenvalue weighted by Crippen LogP contribution is -2.47. The number of anilines is 1. The second-order valence-corrected chi connectivity index (χ2v) is 3.97. The van der Waals surface area contributed by atoms with Gasteiger partial charge in [-0.25, -0.2) is 9.37 Å². The molecular weight excluding hydrogens is 239 g/mol. The molecule has 1 aliphatic heterocycles. The molecule has 96 valence electrons. The summed E-state index contributed by atoms with van der Waals surface area (Å²) in [5.74, 6) is -0.959. The number of amides is 2. The number of hydrogen-bond donors (Lipinski definition) is 3. The Kier molecular flexibility index (Phi) is 3.52. The summed E-state index contributed by atoms with van der Waals surface area (Å²) in [5.41, 5.74) is 5.66. The van der Waals surface area contributed by atoms with Gasteiger partial charge in [-0.05, 0) is 12.5 Å². The third-order valence-corrected chi connectivity index (χ3v) is 2.75. The van der Waals surface area contributed by atoms with E-state index >= 15 is 0 Å². The number of halogens is 1. The van der Waals surface area contributed by atoms with Crippen molar-refractivity contribution in [2.24, 2.45) is 5.73 Å². The van der Waals surface area contributed by atoms with E-state index in [1.54, 1.807) is 0 Å². The van der Waals surface area contributed by atoms with Gasteiger partial charge in [0.15, 0.2) is 0 Å². The van der Waals surface area contributed by atoms with E-state index in [2.05, 4.69) is 15.6 Å². The van der Waals surface area contributed by atoms with Gasteiger partial charge >= 0.3 is 0 Å². The smallest absolute Gasteiger partial charge is 0.249 e. The van der Waals surface area contributed by atoms with E-state index in [0.29, 0.717) is 6.42 Å². The van der Waals surface area contributed by atoms with Crippen LogP contribution in [0.3, 0.4) is 0 Å². The van der Waals surface area contributed by atoms with Crippen LogP contribution in [0.5, 0.6) is 0 Å². The lowest BCUT2D eigenvalue weighted by Gasteiger charge is -2.23. The van der Waals surface area contributed by atoms with Crippen molar-refractivity contribution in [1.82, 2.24) is 10.3 Å². The molecule has 1 aliphatic rings. The van der Waals surface area contributed by atoms with Crippen molar-refractivity contribution >= 4 is 17.6 Å². The number of pyridine rings is 1. The molecular formula is C11H13FN4O2. The van der Waals surface area contributed by atoms with Crippen molar-refractivity contribution in [3.05, 3.63) is 23.6 Å². The van der Waals surface area contributed by atoms with Crippen LogP contribution in [-0.2, 0) is 16.1 Å². The van der Waals surface area contributed by atoms with Gasteiger partial charge in [0.1, 0.15) is 17.7 Å². The van der Waals surface area contributed by atoms with Crippen molar-refractivity contribution < 1.29 is 14.0 Å². The van der Waals surface area contributed by atoms with Crippen LogP contribution < -0.4 is 16.4 Å². The van der Waals surface area contributed by atoms with E-state index in [4.69, 9.17) is 5.73 Å². The quantitative estimate of drug-likeness (QED) is 0.652. The topological polar surface area (TPSA) is 97.1 Å². The summed E-state index contributed by atoms with van der Waals surface area (Å²) < 4.78 is 13.4. The number of piperidine rings is 1. The molecule has 6 nitrogen and oxygen atoms in total. The van der Waals surface area contributed by atoms with Gasteiger partial charge in [0.2, 0.25) is 11.8 Å². The van der Waals surface area contributed by atoms with Crippen LogP contribution in [0.15, 0.2) is 12.3 Å². The van der Waals surface area contributed by atoms with E-state index in [-0.39, 0.29) is 30.3 Å². The minimum Gasteiger partial charge on any atom is -0.358 e. The van der Waals surface area contributed by atoms with Crippen molar-refractivity contribution in [3.8, 4) is 0 Å². The zero-order valence-electron chi connectivity index (χ0n) is 9.57. The Bertz CT molecular complexity index is 492. The number of nitrogens with two attached hydrogens (primary N) is 1. The summed E-state index contributed by atoms with van der Waals surface area (Å²) in [7, 11) is 0. The van der Waals surface area contributed by atoms with Crippen LogP contribution in [0.2, 0.25) is 0 Å². The van der Waals surface area contributed by atoms with Gasteiger partial charge in [0, 0.05) is 24.7 Å². The molecule has 0 bridgehead atoms. The van der Waals surface area contributed by atoms with Gasteiger partial charge in [-0.3, -0.25) is 14.9 Å². The van der Waals surface area contributed by atoms with Crippen LogP contribution in [0.25, 0.3) is 0 Å². The predicted octanol–water partition coefficient (Wildman–Crippen LogP) is -0.104. The SMILES string of the molecule is NCc1c(F)ccnc1NC1CCC(=O)NC1=O. The Hall–Kier alpha value is -2.02. The third kappa shape index (κ3) is 2.45. The summed E-state index contributed by atoms with van der Waals surface area (Å²) in [5, 5.41) is 5.02. The number of carbonyl (C=O) groups is 2. The Morgan fingerprint density at radius 2 is 2.33 bits per heavy atom. The number of nitrogens with one attached hydrogen (secondary N) is 2. The molecule has 0 radical (unpaired) electrons. The van der Waals surface area contributed by atoms with Gasteiger partial charge in [-0.15, -0.1) is 0 Å². The maximum atomic E-state index is 13.4. The highest BCUT2D eigenvalue weighted by Gasteiger charge is 2.27. The summed E-state index contributed by atoms with van der Waals surface area (Å²) in [6.07, 6.45) is 1.90. The average molecular weight is 252 g/mol. The molecule has 1 unspecified atom stereocenters. The number of aromatic nitrogens is 1. The fourth-order valence-corrected chi connectivity index (χ4v) is 1.78. The van der Waals surface area contributed by atoms with Crippen LogP contribution in [0, 0.1) is 5.82 Å². The largest absolute Gasteiger partial charge is 0.358 e. The van der Waals surface area contributed by atoms with E-state index in [9.17, 15) is 14.0 Å². The molecule has 0 spiro atoms. The minimum atomic E-state index is -0.595. The molecule has 1 saturated heterocycles. The molecule has 18 heavy (non-hydrogen) atoms. The van der Waals surface area contributed by atoms with Gasteiger partial charge < -0.3 is 11.1 Å². The van der Waals surface area contributed by atoms with E-state index in [1.165, 1.54) is 12.3 Å². The van der Waals surface area contributed by atoms with Crippen LogP contribution in [0.1, 0.15) is 18.4 Å². The minimum absolute atomic E-state index is 0.0186. The Labute approximate surface area is 103 Å². The van der Waals surface area contributed by atoms with Crippen LogP contribution in [-0.4, -0.2) is 22.8 Å². The first-order chi connectivity index (χ1) is 8.61. The molecule has 2 amide bonds. The Balaban J connectivity index is 2.17. The number of imide groups is 1. The Morgan fingerprint density at radius 1 is 1.56 bits per heavy atom. The maximum Gasteiger partial charge on any atom is 0.249 e. The third-order valence-electron chi connectivity index (χ3n) is 2.75. The number of carbonyl (C=O) groups excluding carboxylic acids is 2. The van der Waals surface area contributed by atoms with Gasteiger partial charge in [-0.1, -0.05) is 0 Å². The molecule has 1 aromatic heterocycles. The summed E-state index contributed by atoms with van der Waals surface area (Å²) in [4.78, 5) is 26.5. The number of nitrogens with zero attached hydrogens (tertiary/aromatic N) is 1. The summed E-state index contributed by atoms with van der Waals surface area (Å²) >= 11 is 0. The zero-order valence-corrected chi connectivity index (χ0v) is 9.57. The standard InChI is InChI=1S/C11H13FN4O2/c12-7-3-4-14-10(6(7)5-13)15-8-1-2-9(17)16-11(8)18/h3-4,8H,1-2,5,13H2,(H,14,15)(H,16,17,18). The second-order valence-electron chi connectivity index (χ2n) is 3.97. The molecule has 0 aliphatic carbocycles. The van der Waals surface area contributed by atoms with Crippen molar-refractivity contribution in [2.45, 2.75) is 25.4 Å². The second kappa shape index (κ2) is 5.09. The zero-order chi connectivity index (χ0) is 13.1. The summed E-state index contributed by atoms with van der Waals surface area (Å²) in [6.45, 7) is -0.0186. The lowest BCUT2D eigenvalue weighted by atomic mass is 10.1. The molecule has 0 saturated carbocycles. The van der Waals surface area contributed by atoms with E-state index in [0.717, 1.165) is 0 Å². The molecule has 4 N–H and O–H groups in total. The monoisotopic (exact) mass is 252 g/mol. The van der Waals surface area contributed by atoms with Crippen molar-refractivity contribution in [2.75, 3.05) is 5.32 Å². The highest BCUT2D eigenvalue weighted by Crippen LogP contribution is 2.18. The van der Waals surface area contributed by atoms with Gasteiger partial charge in [0.05, 0.1) is 0 Å². The maximum absolute atomic E-state index is 13.4. The van der Waals surface area contributed by atoms with Gasteiger partial charge in [0.25, 0.3) is 0 Å². The Morgan fingerprint density at radius 3 is 3.00 bits per heavy atom. The molecule has 2 heterocycles.